The maximum Gasteiger partial charge on any atom is 0.416 e. The Hall–Kier alpha value is -1.15. The van der Waals surface area contributed by atoms with Gasteiger partial charge in [-0.3, -0.25) is 0 Å². The molecule has 0 radical (unpaired) electrons. The highest BCUT2D eigenvalue weighted by molar-refractivity contribution is 5.28. The van der Waals surface area contributed by atoms with E-state index in [-0.39, 0.29) is 12.2 Å². The fourth-order valence-electron chi connectivity index (χ4n) is 0.683. The van der Waals surface area contributed by atoms with Crippen molar-refractivity contribution in [1.82, 2.24) is 0 Å². The molecule has 0 aliphatic heterocycles. The second-order valence-corrected chi connectivity index (χ2v) is 2.10. The second kappa shape index (κ2) is 2.47. The van der Waals surface area contributed by atoms with Gasteiger partial charge in [0.05, 0.1) is 5.57 Å². The van der Waals surface area contributed by atoms with Crippen molar-refractivity contribution in [3.8, 4) is 0 Å². The van der Waals surface area contributed by atoms with Crippen molar-refractivity contribution in [3.05, 3.63) is 29.2 Å². The van der Waals surface area contributed by atoms with Gasteiger partial charge in [0.25, 0.3) is 0 Å². The molecular formula is C7H5F3O. The number of aliphatic hydroxyl groups is 1. The Labute approximate surface area is 61.1 Å². The van der Waals surface area contributed by atoms with Crippen LogP contribution in [0.2, 0.25) is 0 Å². The molecule has 60 valence electrons. The Morgan fingerprint density at radius 1 is 1.45 bits per heavy atom. The molecule has 0 saturated carbocycles. The lowest BCUT2D eigenvalue weighted by molar-refractivity contribution is -0.0885. The van der Waals surface area contributed by atoms with Crippen LogP contribution in [0.25, 0.3) is 0 Å². The number of rotatable bonds is 0. The first-order chi connectivity index (χ1) is 5.00. The van der Waals surface area contributed by atoms with Crippen LogP contribution in [0, 0.1) is 0 Å². The molecule has 0 aromatic heterocycles. The predicted molar refractivity (Wildman–Crippen MR) is 33.0 cm³/mol. The summed E-state index contributed by atoms with van der Waals surface area (Å²) in [6, 6.07) is 0. The van der Waals surface area contributed by atoms with Gasteiger partial charge >= 0.3 is 6.18 Å². The number of hydrogen-bond donors (Lipinski definition) is 1. The van der Waals surface area contributed by atoms with E-state index < -0.39 is 11.7 Å². The van der Waals surface area contributed by atoms with Crippen LogP contribution in [-0.2, 0) is 0 Å². The molecular weight excluding hydrogens is 157 g/mol. The zero-order chi connectivity index (χ0) is 8.48. The van der Waals surface area contributed by atoms with E-state index in [2.05, 4.69) is 5.73 Å². The van der Waals surface area contributed by atoms with Gasteiger partial charge in [-0.05, 0) is 6.08 Å². The normalized spacial score (nSPS) is 17.7. The summed E-state index contributed by atoms with van der Waals surface area (Å²) in [6.45, 7) is 0. The highest BCUT2D eigenvalue weighted by Crippen LogP contribution is 2.28. The van der Waals surface area contributed by atoms with E-state index in [0.29, 0.717) is 0 Å². The SMILES string of the molecule is OC1=C=CC(C(F)(F)F)=CC1. The highest BCUT2D eigenvalue weighted by atomic mass is 19.4. The predicted octanol–water partition coefficient (Wildman–Crippen LogP) is 2.48. The van der Waals surface area contributed by atoms with E-state index in [0.717, 1.165) is 12.2 Å². The van der Waals surface area contributed by atoms with Gasteiger partial charge < -0.3 is 5.11 Å². The molecule has 0 amide bonds. The molecule has 4 heteroatoms. The topological polar surface area (TPSA) is 20.2 Å². The number of alkyl halides is 3. The lowest BCUT2D eigenvalue weighted by Crippen LogP contribution is -2.10. The highest BCUT2D eigenvalue weighted by Gasteiger charge is 2.32. The number of hydrogen-bond acceptors (Lipinski definition) is 1. The average molecular weight is 162 g/mol. The molecule has 1 aliphatic carbocycles. The molecule has 0 saturated heterocycles. The average Bonchev–Trinajstić information content (AvgIpc) is 1.86. The first-order valence-corrected chi connectivity index (χ1v) is 2.92. The summed E-state index contributed by atoms with van der Waals surface area (Å²) in [5, 5.41) is 8.66. The molecule has 0 aromatic carbocycles. The second-order valence-electron chi connectivity index (χ2n) is 2.10. The molecule has 1 aliphatic rings. The maximum atomic E-state index is 11.8. The first kappa shape index (κ1) is 7.95. The summed E-state index contributed by atoms with van der Waals surface area (Å²) in [5.74, 6) is -0.169. The van der Waals surface area contributed by atoms with Crippen molar-refractivity contribution in [2.45, 2.75) is 12.6 Å². The largest absolute Gasteiger partial charge is 0.504 e. The molecule has 11 heavy (non-hydrogen) atoms. The third-order valence-corrected chi connectivity index (χ3v) is 1.24. The quantitative estimate of drug-likeness (QED) is 0.542. The third-order valence-electron chi connectivity index (χ3n) is 1.24. The van der Waals surface area contributed by atoms with Crippen molar-refractivity contribution in [1.29, 1.82) is 0 Å². The molecule has 0 heterocycles. The minimum atomic E-state index is -4.33. The lowest BCUT2D eigenvalue weighted by Gasteiger charge is -2.08. The summed E-state index contributed by atoms with van der Waals surface area (Å²) in [5.41, 5.74) is 1.34. The molecule has 1 N–H and O–H groups in total. The number of allylic oxidation sites excluding steroid dienone is 2. The number of halogens is 3. The Morgan fingerprint density at radius 2 is 2.09 bits per heavy atom. The summed E-state index contributed by atoms with van der Waals surface area (Å²) < 4.78 is 35.5. The van der Waals surface area contributed by atoms with Crippen LogP contribution in [0.15, 0.2) is 29.2 Å². The zero-order valence-corrected chi connectivity index (χ0v) is 5.44. The minimum absolute atomic E-state index is 0.0919. The van der Waals surface area contributed by atoms with Gasteiger partial charge in [-0.2, -0.15) is 13.2 Å². The molecule has 1 rings (SSSR count). The fraction of sp³-hybridized carbons (Fsp3) is 0.286. The molecule has 1 nitrogen and oxygen atoms in total. The van der Waals surface area contributed by atoms with Crippen LogP contribution in [0.3, 0.4) is 0 Å². The first-order valence-electron chi connectivity index (χ1n) is 2.92. The molecule has 0 atom stereocenters. The summed E-state index contributed by atoms with van der Waals surface area (Å²) in [4.78, 5) is 0. The van der Waals surface area contributed by atoms with Crippen molar-refractivity contribution < 1.29 is 18.3 Å². The van der Waals surface area contributed by atoms with E-state index in [4.69, 9.17) is 5.11 Å². The Bertz CT molecular complexity index is 253. The van der Waals surface area contributed by atoms with Gasteiger partial charge in [0, 0.05) is 6.42 Å². The van der Waals surface area contributed by atoms with Crippen LogP contribution in [0.5, 0.6) is 0 Å². The van der Waals surface area contributed by atoms with E-state index in [1.165, 1.54) is 0 Å². The van der Waals surface area contributed by atoms with Crippen molar-refractivity contribution in [2.75, 3.05) is 0 Å². The Kier molecular flexibility index (Phi) is 1.79. The maximum absolute atomic E-state index is 11.8. The lowest BCUT2D eigenvalue weighted by atomic mass is 10.1. The van der Waals surface area contributed by atoms with E-state index in [1.807, 2.05) is 0 Å². The van der Waals surface area contributed by atoms with E-state index >= 15 is 0 Å². The fourth-order valence-corrected chi connectivity index (χ4v) is 0.683. The smallest absolute Gasteiger partial charge is 0.416 e. The van der Waals surface area contributed by atoms with Crippen LogP contribution in [0.4, 0.5) is 13.2 Å². The minimum Gasteiger partial charge on any atom is -0.504 e. The Morgan fingerprint density at radius 3 is 2.45 bits per heavy atom. The van der Waals surface area contributed by atoms with Crippen LogP contribution in [0.1, 0.15) is 6.42 Å². The van der Waals surface area contributed by atoms with Crippen molar-refractivity contribution in [3.63, 3.8) is 0 Å². The molecule has 0 fully saturated rings. The standard InChI is InChI=1S/C7H5F3O/c8-7(9,10)5-1-3-6(11)4-2-5/h1-2,11H,3H2. The van der Waals surface area contributed by atoms with Crippen molar-refractivity contribution in [2.24, 2.45) is 0 Å². The Balaban J connectivity index is 2.89. The van der Waals surface area contributed by atoms with Gasteiger partial charge in [0.15, 0.2) is 0 Å². The van der Waals surface area contributed by atoms with Gasteiger partial charge in [0.1, 0.15) is 5.76 Å². The molecule has 0 bridgehead atoms. The summed E-state index contributed by atoms with van der Waals surface area (Å²) in [6.07, 6.45) is -2.76. The summed E-state index contributed by atoms with van der Waals surface area (Å²) >= 11 is 0. The van der Waals surface area contributed by atoms with Gasteiger partial charge in [0.2, 0.25) is 0 Å². The summed E-state index contributed by atoms with van der Waals surface area (Å²) in [7, 11) is 0. The molecule has 0 spiro atoms. The molecule has 0 aromatic rings. The van der Waals surface area contributed by atoms with Crippen LogP contribution < -0.4 is 0 Å². The van der Waals surface area contributed by atoms with Crippen LogP contribution >= 0.6 is 0 Å². The zero-order valence-electron chi connectivity index (χ0n) is 5.44. The molecule has 0 unspecified atom stereocenters. The van der Waals surface area contributed by atoms with Gasteiger partial charge in [-0.1, -0.05) is 11.8 Å². The number of aliphatic hydroxyl groups excluding tert-OH is 1. The van der Waals surface area contributed by atoms with Crippen molar-refractivity contribution >= 4 is 0 Å². The third kappa shape index (κ3) is 1.88. The van der Waals surface area contributed by atoms with Gasteiger partial charge in [-0.15, -0.1) is 0 Å². The van der Waals surface area contributed by atoms with Gasteiger partial charge in [-0.25, -0.2) is 0 Å². The monoisotopic (exact) mass is 162 g/mol. The van der Waals surface area contributed by atoms with E-state index in [9.17, 15) is 13.2 Å². The van der Waals surface area contributed by atoms with Crippen LogP contribution in [-0.4, -0.2) is 11.3 Å². The van der Waals surface area contributed by atoms with E-state index in [1.54, 1.807) is 0 Å².